The largest absolute Gasteiger partial charge is 0.297 e. The molecule has 0 amide bonds. The molecule has 1 aromatic carbocycles. The maximum Gasteiger partial charge on any atom is 0.297 e. The Bertz CT molecular complexity index is 1210. The summed E-state index contributed by atoms with van der Waals surface area (Å²) in [4.78, 5) is 13.2. The van der Waals surface area contributed by atoms with Crippen LogP contribution in [0.15, 0.2) is 52.5 Å². The summed E-state index contributed by atoms with van der Waals surface area (Å²) in [6.07, 6.45) is -1.02. The summed E-state index contributed by atoms with van der Waals surface area (Å²) in [6, 6.07) is 10.9. The highest BCUT2D eigenvalue weighted by Crippen LogP contribution is 2.23. The zero-order valence-electron chi connectivity index (χ0n) is 16.2. The number of hydrogen-bond acceptors (Lipinski definition) is 6. The van der Waals surface area contributed by atoms with Gasteiger partial charge in [0.2, 0.25) is 5.16 Å². The van der Waals surface area contributed by atoms with Crippen LogP contribution in [0.5, 0.6) is 0 Å². The molecule has 0 saturated carbocycles. The fourth-order valence-electron chi connectivity index (χ4n) is 3.12. The summed E-state index contributed by atoms with van der Waals surface area (Å²) in [7, 11) is 1.79. The molecule has 0 aliphatic rings. The first-order chi connectivity index (χ1) is 14.5. The quantitative estimate of drug-likeness (QED) is 0.416. The number of benzene rings is 1. The summed E-state index contributed by atoms with van der Waals surface area (Å²) in [5, 5.41) is 16.0. The molecule has 3 aromatic heterocycles. The Hall–Kier alpha value is -3.28. The van der Waals surface area contributed by atoms with Gasteiger partial charge in [0.25, 0.3) is 12.0 Å². The zero-order valence-corrected chi connectivity index (χ0v) is 17.0. The Morgan fingerprint density at radius 2 is 1.93 bits per heavy atom. The topological polar surface area (TPSA) is 88.4 Å². The van der Waals surface area contributed by atoms with Crippen LogP contribution in [0, 0.1) is 6.92 Å². The molecule has 0 N–H and O–H groups in total. The lowest BCUT2D eigenvalue weighted by molar-refractivity contribution is 0.121. The Kier molecular flexibility index (Phi) is 5.48. The molecule has 0 radical (unpaired) electrons. The van der Waals surface area contributed by atoms with Crippen molar-refractivity contribution in [2.45, 2.75) is 30.8 Å². The van der Waals surface area contributed by atoms with E-state index in [0.717, 1.165) is 5.69 Å². The van der Waals surface area contributed by atoms with Gasteiger partial charge in [0.05, 0.1) is 11.4 Å². The van der Waals surface area contributed by atoms with Gasteiger partial charge >= 0.3 is 0 Å². The van der Waals surface area contributed by atoms with Gasteiger partial charge in [-0.2, -0.15) is 9.78 Å². The van der Waals surface area contributed by atoms with Crippen LogP contribution in [0.4, 0.5) is 8.78 Å². The molecule has 0 aliphatic heterocycles. The van der Waals surface area contributed by atoms with Crippen molar-refractivity contribution in [2.24, 2.45) is 7.05 Å². The standard InChI is InChI=1S/C18H18F2N8OS/c1-12-16(17(29)28(25(12)2)13-6-4-3-5-7-13)27-18(22-23-24-27)30-11-14-8-9-21-26(14)10-15(19)20/h3-9,15H,10-11H2,1-2H3. The molecule has 0 saturated heterocycles. The van der Waals surface area contributed by atoms with Gasteiger partial charge in [-0.25, -0.2) is 13.5 Å². The second-order valence-electron chi connectivity index (χ2n) is 6.47. The van der Waals surface area contributed by atoms with Crippen LogP contribution in [0.1, 0.15) is 11.4 Å². The van der Waals surface area contributed by atoms with Crippen molar-refractivity contribution in [2.75, 3.05) is 0 Å². The molecule has 3 heterocycles. The third-order valence-corrected chi connectivity index (χ3v) is 5.59. The van der Waals surface area contributed by atoms with Gasteiger partial charge in [-0.05, 0) is 35.5 Å². The highest BCUT2D eigenvalue weighted by molar-refractivity contribution is 7.98. The molecule has 4 aromatic rings. The summed E-state index contributed by atoms with van der Waals surface area (Å²) in [5.41, 5.74) is 2.08. The predicted molar refractivity (Wildman–Crippen MR) is 106 cm³/mol. The second kappa shape index (κ2) is 8.22. The Morgan fingerprint density at radius 1 is 1.17 bits per heavy atom. The number of hydrogen-bond donors (Lipinski definition) is 0. The van der Waals surface area contributed by atoms with E-state index in [-0.39, 0.29) is 5.56 Å². The van der Waals surface area contributed by atoms with Gasteiger partial charge in [-0.15, -0.1) is 5.10 Å². The minimum atomic E-state index is -2.50. The van der Waals surface area contributed by atoms with Crippen molar-refractivity contribution in [3.8, 4) is 11.4 Å². The predicted octanol–water partition coefficient (Wildman–Crippen LogP) is 2.21. The van der Waals surface area contributed by atoms with Gasteiger partial charge in [0.1, 0.15) is 6.54 Å². The third kappa shape index (κ3) is 3.65. The van der Waals surface area contributed by atoms with Crippen LogP contribution < -0.4 is 5.56 Å². The smallest absolute Gasteiger partial charge is 0.283 e. The number of halogens is 2. The number of aromatic nitrogens is 8. The van der Waals surface area contributed by atoms with E-state index in [2.05, 4.69) is 20.6 Å². The Morgan fingerprint density at radius 3 is 2.67 bits per heavy atom. The molecule has 0 atom stereocenters. The van der Waals surface area contributed by atoms with Gasteiger partial charge in [0, 0.05) is 24.7 Å². The van der Waals surface area contributed by atoms with Gasteiger partial charge in [-0.1, -0.05) is 30.0 Å². The van der Waals surface area contributed by atoms with E-state index in [1.807, 2.05) is 37.3 Å². The summed E-state index contributed by atoms with van der Waals surface area (Å²) < 4.78 is 31.3. The summed E-state index contributed by atoms with van der Waals surface area (Å²) >= 11 is 1.24. The van der Waals surface area contributed by atoms with Crippen molar-refractivity contribution in [1.82, 2.24) is 39.4 Å². The monoisotopic (exact) mass is 432 g/mol. The fourth-order valence-corrected chi connectivity index (χ4v) is 3.99. The Balaban J connectivity index is 1.66. The SMILES string of the molecule is Cc1c(-n2nnnc2SCc2ccnn2CC(F)F)c(=O)n(-c2ccccc2)n1C. The van der Waals surface area contributed by atoms with Crippen LogP contribution in [-0.4, -0.2) is 45.8 Å². The molecule has 30 heavy (non-hydrogen) atoms. The summed E-state index contributed by atoms with van der Waals surface area (Å²) in [6.45, 7) is 1.33. The Labute approximate surface area is 173 Å². The van der Waals surface area contributed by atoms with E-state index < -0.39 is 13.0 Å². The molecule has 0 bridgehead atoms. The van der Waals surface area contributed by atoms with E-state index in [4.69, 9.17) is 0 Å². The van der Waals surface area contributed by atoms with Crippen LogP contribution in [-0.2, 0) is 19.3 Å². The maximum absolute atomic E-state index is 13.2. The first-order valence-electron chi connectivity index (χ1n) is 9.01. The number of nitrogens with zero attached hydrogens (tertiary/aromatic N) is 8. The first kappa shape index (κ1) is 20.0. The molecule has 0 spiro atoms. The number of para-hydroxylation sites is 1. The minimum Gasteiger partial charge on any atom is -0.283 e. The first-order valence-corrected chi connectivity index (χ1v) is 10.0. The summed E-state index contributed by atoms with van der Waals surface area (Å²) in [5.74, 6) is 0.325. The molecule has 0 fully saturated rings. The van der Waals surface area contributed by atoms with E-state index in [9.17, 15) is 13.6 Å². The van der Waals surface area contributed by atoms with Gasteiger partial charge < -0.3 is 0 Å². The third-order valence-electron chi connectivity index (χ3n) is 4.64. The minimum absolute atomic E-state index is 0.266. The number of tetrazole rings is 1. The van der Waals surface area contributed by atoms with Gasteiger partial charge in [0.15, 0.2) is 5.69 Å². The van der Waals surface area contributed by atoms with E-state index >= 15 is 0 Å². The van der Waals surface area contributed by atoms with Crippen molar-refractivity contribution in [1.29, 1.82) is 0 Å². The highest BCUT2D eigenvalue weighted by Gasteiger charge is 2.22. The van der Waals surface area contributed by atoms with Crippen LogP contribution in [0.25, 0.3) is 11.4 Å². The van der Waals surface area contributed by atoms with Crippen molar-refractivity contribution < 1.29 is 8.78 Å². The van der Waals surface area contributed by atoms with Crippen molar-refractivity contribution in [3.63, 3.8) is 0 Å². The lowest BCUT2D eigenvalue weighted by Crippen LogP contribution is -2.22. The van der Waals surface area contributed by atoms with Crippen molar-refractivity contribution >= 4 is 11.8 Å². The maximum atomic E-state index is 13.2. The molecule has 156 valence electrons. The molecule has 9 nitrogen and oxygen atoms in total. The molecular weight excluding hydrogens is 414 g/mol. The lowest BCUT2D eigenvalue weighted by Gasteiger charge is -2.07. The van der Waals surface area contributed by atoms with E-state index in [0.29, 0.717) is 28.0 Å². The van der Waals surface area contributed by atoms with Crippen LogP contribution in [0.3, 0.4) is 0 Å². The average molecular weight is 432 g/mol. The normalized spacial score (nSPS) is 11.5. The number of rotatable bonds is 7. The molecule has 0 aliphatic carbocycles. The molecular formula is C18H18F2N8OS. The van der Waals surface area contributed by atoms with Crippen molar-refractivity contribution in [3.05, 3.63) is 64.3 Å². The van der Waals surface area contributed by atoms with Crippen LogP contribution in [0.2, 0.25) is 0 Å². The zero-order chi connectivity index (χ0) is 21.3. The van der Waals surface area contributed by atoms with Crippen LogP contribution >= 0.6 is 11.8 Å². The van der Waals surface area contributed by atoms with E-state index in [1.165, 1.54) is 27.3 Å². The highest BCUT2D eigenvalue weighted by atomic mass is 32.2. The van der Waals surface area contributed by atoms with E-state index in [1.54, 1.807) is 22.5 Å². The molecule has 0 unspecified atom stereocenters. The lowest BCUT2D eigenvalue weighted by atomic mass is 10.3. The second-order valence-corrected chi connectivity index (χ2v) is 7.41. The molecule has 12 heteroatoms. The van der Waals surface area contributed by atoms with Gasteiger partial charge in [-0.3, -0.25) is 14.2 Å². The number of alkyl halides is 2. The average Bonchev–Trinajstić information content (AvgIpc) is 3.40. The fraction of sp³-hybridized carbons (Fsp3) is 0.278. The number of thioether (sulfide) groups is 1. The molecule has 4 rings (SSSR count).